The Balaban J connectivity index is 1.58. The number of rotatable bonds is 3. The maximum atomic E-state index is 5.42. The summed E-state index contributed by atoms with van der Waals surface area (Å²) < 4.78 is 1.07. The number of aryl methyl sites for hydroxylation is 2. The topological polar surface area (TPSA) is 25.8 Å². The summed E-state index contributed by atoms with van der Waals surface area (Å²) in [5, 5.41) is 7.23. The normalized spacial score (nSPS) is 11.6. The van der Waals surface area contributed by atoms with Crippen LogP contribution in [-0.2, 0) is 0 Å². The van der Waals surface area contributed by atoms with E-state index >= 15 is 0 Å². The molecule has 0 amide bonds. The lowest BCUT2D eigenvalue weighted by atomic mass is 9.85. The van der Waals surface area contributed by atoms with E-state index in [0.29, 0.717) is 0 Å². The van der Waals surface area contributed by atoms with Gasteiger partial charge in [0.25, 0.3) is 0 Å². The molecule has 0 saturated carbocycles. The predicted octanol–water partition coefficient (Wildman–Crippen LogP) is 11.5. The Labute approximate surface area is 258 Å². The van der Waals surface area contributed by atoms with Crippen LogP contribution in [0.1, 0.15) is 11.1 Å². The standard InChI is InChI=1S/C40H27BrN2/c1-24-35-31-15-9-10-16-33(31)42-39(27-11-5-3-6-12-27)37(35)25(2)36-32-22-19-29(26-17-20-30(41)21-18-26)23-34(32)43-40(38(24)36)28-13-7-4-8-14-28/h3-23H,1-2H3. The van der Waals surface area contributed by atoms with Crippen LogP contribution in [0.3, 0.4) is 0 Å². The molecule has 43 heavy (non-hydrogen) atoms. The van der Waals surface area contributed by atoms with Crippen LogP contribution in [0.5, 0.6) is 0 Å². The molecule has 2 aromatic heterocycles. The van der Waals surface area contributed by atoms with Gasteiger partial charge in [-0.25, -0.2) is 9.97 Å². The highest BCUT2D eigenvalue weighted by atomic mass is 79.9. The SMILES string of the molecule is Cc1c2c(-c3ccccc3)nc3cc(-c4ccc(Br)cc4)ccc3c2c(C)c2c(-c3ccccc3)nc3ccccc3c12. The molecule has 0 aliphatic heterocycles. The van der Waals surface area contributed by atoms with Crippen molar-refractivity contribution in [3.05, 3.63) is 143 Å². The number of hydrogen-bond acceptors (Lipinski definition) is 2. The third-order valence-electron chi connectivity index (χ3n) is 8.65. The van der Waals surface area contributed by atoms with E-state index in [4.69, 9.17) is 9.97 Å². The number of para-hydroxylation sites is 1. The van der Waals surface area contributed by atoms with E-state index in [1.54, 1.807) is 0 Å². The van der Waals surface area contributed by atoms with Crippen LogP contribution < -0.4 is 0 Å². The molecule has 0 spiro atoms. The Hall–Kier alpha value is -4.86. The summed E-state index contributed by atoms with van der Waals surface area (Å²) in [6, 6.07) is 44.9. The van der Waals surface area contributed by atoms with Gasteiger partial charge in [0, 0.05) is 37.1 Å². The van der Waals surface area contributed by atoms with E-state index in [1.165, 1.54) is 43.6 Å². The lowest BCUT2D eigenvalue weighted by molar-refractivity contribution is 1.39. The number of fused-ring (bicyclic) bond motifs is 6. The zero-order valence-electron chi connectivity index (χ0n) is 23.9. The van der Waals surface area contributed by atoms with E-state index in [1.807, 2.05) is 0 Å². The predicted molar refractivity (Wildman–Crippen MR) is 186 cm³/mol. The van der Waals surface area contributed by atoms with Gasteiger partial charge in [0.15, 0.2) is 0 Å². The largest absolute Gasteiger partial charge is 0.247 e. The molecular weight excluding hydrogens is 588 g/mol. The van der Waals surface area contributed by atoms with Crippen LogP contribution in [0.2, 0.25) is 0 Å². The first-order chi connectivity index (χ1) is 21.1. The van der Waals surface area contributed by atoms with Crippen molar-refractivity contribution in [2.75, 3.05) is 0 Å². The number of nitrogens with zero attached hydrogens (tertiary/aromatic N) is 2. The second-order valence-corrected chi connectivity index (χ2v) is 12.1. The van der Waals surface area contributed by atoms with E-state index in [9.17, 15) is 0 Å². The quantitative estimate of drug-likeness (QED) is 0.146. The molecule has 0 unspecified atom stereocenters. The maximum Gasteiger partial charge on any atom is 0.0791 e. The molecule has 8 rings (SSSR count). The first-order valence-corrected chi connectivity index (χ1v) is 15.3. The monoisotopic (exact) mass is 614 g/mol. The number of benzene rings is 6. The third-order valence-corrected chi connectivity index (χ3v) is 9.18. The highest BCUT2D eigenvalue weighted by molar-refractivity contribution is 9.10. The summed E-state index contributed by atoms with van der Waals surface area (Å²) in [6.45, 7) is 4.53. The van der Waals surface area contributed by atoms with Gasteiger partial charge in [0.05, 0.1) is 22.4 Å². The third kappa shape index (κ3) is 4.15. The molecule has 0 saturated heterocycles. The van der Waals surface area contributed by atoms with Crippen molar-refractivity contribution in [3.63, 3.8) is 0 Å². The minimum Gasteiger partial charge on any atom is -0.247 e. The molecule has 0 N–H and O–H groups in total. The second-order valence-electron chi connectivity index (χ2n) is 11.2. The number of aromatic nitrogens is 2. The van der Waals surface area contributed by atoms with Crippen molar-refractivity contribution in [1.29, 1.82) is 0 Å². The summed E-state index contributed by atoms with van der Waals surface area (Å²) in [5.41, 5.74) is 11.1. The van der Waals surface area contributed by atoms with E-state index < -0.39 is 0 Å². The van der Waals surface area contributed by atoms with Gasteiger partial charge in [-0.1, -0.05) is 119 Å². The van der Waals surface area contributed by atoms with Crippen LogP contribution >= 0.6 is 15.9 Å². The average molecular weight is 616 g/mol. The van der Waals surface area contributed by atoms with Gasteiger partial charge >= 0.3 is 0 Å². The number of hydrogen-bond donors (Lipinski definition) is 0. The van der Waals surface area contributed by atoms with Crippen molar-refractivity contribution < 1.29 is 0 Å². The van der Waals surface area contributed by atoms with Crippen LogP contribution in [-0.4, -0.2) is 9.97 Å². The fraction of sp³-hybridized carbons (Fsp3) is 0.0500. The lowest BCUT2D eigenvalue weighted by Crippen LogP contribution is -1.99. The van der Waals surface area contributed by atoms with Crippen molar-refractivity contribution >= 4 is 59.3 Å². The number of pyridine rings is 2. The summed E-state index contributed by atoms with van der Waals surface area (Å²) in [5.74, 6) is 0. The fourth-order valence-electron chi connectivity index (χ4n) is 6.67. The Morgan fingerprint density at radius 3 is 1.51 bits per heavy atom. The maximum absolute atomic E-state index is 5.42. The zero-order chi connectivity index (χ0) is 29.1. The van der Waals surface area contributed by atoms with Crippen LogP contribution in [0.15, 0.2) is 132 Å². The molecule has 0 aliphatic rings. The van der Waals surface area contributed by atoms with Gasteiger partial charge in [0.2, 0.25) is 0 Å². The van der Waals surface area contributed by atoms with Gasteiger partial charge in [-0.2, -0.15) is 0 Å². The summed E-state index contributed by atoms with van der Waals surface area (Å²) >= 11 is 3.57. The molecule has 2 heterocycles. The Bertz CT molecular complexity index is 2340. The second kappa shape index (κ2) is 10.1. The van der Waals surface area contributed by atoms with Crippen molar-refractivity contribution in [3.8, 4) is 33.6 Å². The molecule has 204 valence electrons. The molecule has 0 aliphatic carbocycles. The van der Waals surface area contributed by atoms with Crippen LogP contribution in [0.25, 0.3) is 77.0 Å². The fourth-order valence-corrected chi connectivity index (χ4v) is 6.93. The van der Waals surface area contributed by atoms with Gasteiger partial charge < -0.3 is 0 Å². The van der Waals surface area contributed by atoms with E-state index in [-0.39, 0.29) is 0 Å². The molecule has 0 fully saturated rings. The molecule has 8 aromatic rings. The van der Waals surface area contributed by atoms with Gasteiger partial charge in [0.1, 0.15) is 0 Å². The molecule has 6 aromatic carbocycles. The minimum atomic E-state index is 0.989. The van der Waals surface area contributed by atoms with Crippen molar-refractivity contribution in [2.24, 2.45) is 0 Å². The van der Waals surface area contributed by atoms with Gasteiger partial charge in [-0.15, -0.1) is 0 Å². The van der Waals surface area contributed by atoms with Gasteiger partial charge in [-0.3, -0.25) is 0 Å². The average Bonchev–Trinajstić information content (AvgIpc) is 3.06. The summed E-state index contributed by atoms with van der Waals surface area (Å²) in [4.78, 5) is 10.7. The molecule has 0 radical (unpaired) electrons. The first kappa shape index (κ1) is 25.8. The summed E-state index contributed by atoms with van der Waals surface area (Å²) in [6.07, 6.45) is 0. The molecule has 0 bridgehead atoms. The Morgan fingerprint density at radius 1 is 0.419 bits per heavy atom. The van der Waals surface area contributed by atoms with Crippen molar-refractivity contribution in [2.45, 2.75) is 13.8 Å². The van der Waals surface area contributed by atoms with Crippen molar-refractivity contribution in [1.82, 2.24) is 9.97 Å². The Kier molecular flexibility index (Phi) is 6.09. The number of halogens is 1. The molecule has 2 nitrogen and oxygen atoms in total. The summed E-state index contributed by atoms with van der Waals surface area (Å²) in [7, 11) is 0. The lowest BCUT2D eigenvalue weighted by Gasteiger charge is -2.21. The molecule has 3 heteroatoms. The molecule has 0 atom stereocenters. The first-order valence-electron chi connectivity index (χ1n) is 14.5. The zero-order valence-corrected chi connectivity index (χ0v) is 25.5. The van der Waals surface area contributed by atoms with Crippen LogP contribution in [0.4, 0.5) is 0 Å². The van der Waals surface area contributed by atoms with Gasteiger partial charge in [-0.05, 0) is 71.1 Å². The van der Waals surface area contributed by atoms with E-state index in [2.05, 4.69) is 157 Å². The smallest absolute Gasteiger partial charge is 0.0791 e. The van der Waals surface area contributed by atoms with Crippen LogP contribution in [0, 0.1) is 13.8 Å². The highest BCUT2D eigenvalue weighted by Crippen LogP contribution is 2.45. The highest BCUT2D eigenvalue weighted by Gasteiger charge is 2.22. The Morgan fingerprint density at radius 2 is 0.907 bits per heavy atom. The molecular formula is C40H27BrN2. The van der Waals surface area contributed by atoms with E-state index in [0.717, 1.165) is 49.0 Å². The minimum absolute atomic E-state index is 0.989.